The standard InChI is InChI=1S/C25H43FO2/c1-5-8-9-10-11-12-16-23(25(4,27-6-2)28-7-3)17-14-13-15-22-18-20-24(26)21-19-22/h18-21,23H,5-17H2,1-4H3. The van der Waals surface area contributed by atoms with Gasteiger partial charge in [-0.2, -0.15) is 0 Å². The summed E-state index contributed by atoms with van der Waals surface area (Å²) in [6.45, 7) is 9.85. The molecule has 28 heavy (non-hydrogen) atoms. The molecule has 1 atom stereocenters. The summed E-state index contributed by atoms with van der Waals surface area (Å²) in [5, 5.41) is 0. The molecule has 3 heteroatoms. The van der Waals surface area contributed by atoms with Crippen LogP contribution in [0.2, 0.25) is 0 Å². The number of rotatable bonds is 17. The van der Waals surface area contributed by atoms with E-state index in [4.69, 9.17) is 9.47 Å². The molecular weight excluding hydrogens is 351 g/mol. The number of hydrogen-bond donors (Lipinski definition) is 0. The molecule has 1 aromatic carbocycles. The Kier molecular flexibility index (Phi) is 13.4. The predicted molar refractivity (Wildman–Crippen MR) is 117 cm³/mol. The van der Waals surface area contributed by atoms with Crippen molar-refractivity contribution in [1.82, 2.24) is 0 Å². The van der Waals surface area contributed by atoms with Gasteiger partial charge in [0.2, 0.25) is 0 Å². The van der Waals surface area contributed by atoms with Gasteiger partial charge >= 0.3 is 0 Å². The Bertz CT molecular complexity index is 480. The third kappa shape index (κ3) is 10.0. The van der Waals surface area contributed by atoms with E-state index in [1.54, 1.807) is 12.1 Å². The summed E-state index contributed by atoms with van der Waals surface area (Å²) in [6, 6.07) is 6.90. The normalized spacial score (nSPS) is 13.0. The van der Waals surface area contributed by atoms with Gasteiger partial charge in [-0.25, -0.2) is 4.39 Å². The zero-order valence-corrected chi connectivity index (χ0v) is 18.8. The summed E-state index contributed by atoms with van der Waals surface area (Å²) in [5.74, 6) is -0.221. The number of unbranched alkanes of at least 4 members (excludes halogenated alkanes) is 6. The lowest BCUT2D eigenvalue weighted by Crippen LogP contribution is -2.41. The molecule has 2 nitrogen and oxygen atoms in total. The molecule has 0 spiro atoms. The minimum Gasteiger partial charge on any atom is -0.350 e. The van der Waals surface area contributed by atoms with Crippen molar-refractivity contribution in [2.24, 2.45) is 5.92 Å². The Morgan fingerprint density at radius 1 is 0.786 bits per heavy atom. The minimum absolute atomic E-state index is 0.160. The van der Waals surface area contributed by atoms with Crippen LogP contribution in [0.25, 0.3) is 0 Å². The molecule has 1 aromatic rings. The SMILES string of the molecule is CCCCCCCCC(CCCCc1ccc(F)cc1)C(C)(OCC)OCC. The van der Waals surface area contributed by atoms with Crippen molar-refractivity contribution < 1.29 is 13.9 Å². The van der Waals surface area contributed by atoms with E-state index in [0.717, 1.165) is 25.7 Å². The van der Waals surface area contributed by atoms with Gasteiger partial charge in [0.25, 0.3) is 0 Å². The van der Waals surface area contributed by atoms with Gasteiger partial charge in [0.15, 0.2) is 5.79 Å². The monoisotopic (exact) mass is 394 g/mol. The second kappa shape index (κ2) is 15.0. The fourth-order valence-electron chi connectivity index (χ4n) is 4.06. The van der Waals surface area contributed by atoms with Crippen molar-refractivity contribution in [3.63, 3.8) is 0 Å². The van der Waals surface area contributed by atoms with E-state index in [1.807, 2.05) is 26.0 Å². The van der Waals surface area contributed by atoms with Crippen molar-refractivity contribution in [2.75, 3.05) is 13.2 Å². The lowest BCUT2D eigenvalue weighted by atomic mass is 9.87. The topological polar surface area (TPSA) is 18.5 Å². The molecule has 0 aliphatic heterocycles. The van der Waals surface area contributed by atoms with Gasteiger partial charge in [-0.1, -0.05) is 64.0 Å². The van der Waals surface area contributed by atoms with E-state index in [2.05, 4.69) is 13.8 Å². The molecule has 0 saturated heterocycles. The first-order chi connectivity index (χ1) is 13.6. The molecule has 0 saturated carbocycles. The summed E-state index contributed by atoms with van der Waals surface area (Å²) in [5.41, 5.74) is 1.21. The molecule has 0 aliphatic carbocycles. The Morgan fingerprint density at radius 3 is 1.89 bits per heavy atom. The molecule has 0 N–H and O–H groups in total. The minimum atomic E-state index is -0.483. The number of benzene rings is 1. The Hall–Kier alpha value is -0.930. The Labute approximate surface area is 173 Å². The molecule has 0 bridgehead atoms. The fourth-order valence-corrected chi connectivity index (χ4v) is 4.06. The quantitative estimate of drug-likeness (QED) is 0.199. The van der Waals surface area contributed by atoms with E-state index >= 15 is 0 Å². The lowest BCUT2D eigenvalue weighted by molar-refractivity contribution is -0.254. The molecule has 0 aliphatic rings. The van der Waals surface area contributed by atoms with Crippen molar-refractivity contribution in [3.8, 4) is 0 Å². The highest BCUT2D eigenvalue weighted by Gasteiger charge is 2.34. The van der Waals surface area contributed by atoms with E-state index in [0.29, 0.717) is 19.1 Å². The first kappa shape index (κ1) is 25.1. The van der Waals surface area contributed by atoms with Crippen molar-refractivity contribution in [3.05, 3.63) is 35.6 Å². The zero-order chi connectivity index (χ0) is 20.7. The van der Waals surface area contributed by atoms with E-state index in [1.165, 1.54) is 50.5 Å². The first-order valence-corrected chi connectivity index (χ1v) is 11.6. The maximum atomic E-state index is 13.0. The van der Waals surface area contributed by atoms with Crippen molar-refractivity contribution in [1.29, 1.82) is 0 Å². The van der Waals surface area contributed by atoms with Crippen LogP contribution in [0.5, 0.6) is 0 Å². The van der Waals surface area contributed by atoms with Gasteiger partial charge < -0.3 is 9.47 Å². The molecule has 0 amide bonds. The molecule has 0 aromatic heterocycles. The molecule has 0 radical (unpaired) electrons. The van der Waals surface area contributed by atoms with E-state index < -0.39 is 5.79 Å². The van der Waals surface area contributed by atoms with Crippen LogP contribution >= 0.6 is 0 Å². The van der Waals surface area contributed by atoms with Crippen molar-refractivity contribution >= 4 is 0 Å². The van der Waals surface area contributed by atoms with Gasteiger partial charge in [0.05, 0.1) is 0 Å². The Balaban J connectivity index is 2.51. The van der Waals surface area contributed by atoms with Crippen LogP contribution in [0.1, 0.15) is 97.5 Å². The number of ether oxygens (including phenoxy) is 2. The van der Waals surface area contributed by atoms with Gasteiger partial charge in [0, 0.05) is 19.1 Å². The molecule has 0 fully saturated rings. The van der Waals surface area contributed by atoms with E-state index in [-0.39, 0.29) is 5.82 Å². The Morgan fingerprint density at radius 2 is 1.32 bits per heavy atom. The van der Waals surface area contributed by atoms with Crippen LogP contribution in [-0.4, -0.2) is 19.0 Å². The van der Waals surface area contributed by atoms with Crippen LogP contribution in [0.15, 0.2) is 24.3 Å². The third-order valence-corrected chi connectivity index (χ3v) is 5.69. The number of halogens is 1. The van der Waals surface area contributed by atoms with Crippen LogP contribution in [-0.2, 0) is 15.9 Å². The maximum absolute atomic E-state index is 13.0. The van der Waals surface area contributed by atoms with Crippen LogP contribution in [0.3, 0.4) is 0 Å². The molecule has 1 unspecified atom stereocenters. The summed E-state index contributed by atoms with van der Waals surface area (Å²) >= 11 is 0. The highest BCUT2D eigenvalue weighted by atomic mass is 19.1. The largest absolute Gasteiger partial charge is 0.350 e. The van der Waals surface area contributed by atoms with Crippen molar-refractivity contribution in [2.45, 2.75) is 104 Å². The fraction of sp³-hybridized carbons (Fsp3) is 0.760. The summed E-state index contributed by atoms with van der Waals surface area (Å²) in [4.78, 5) is 0. The highest BCUT2D eigenvalue weighted by Crippen LogP contribution is 2.33. The second-order valence-electron chi connectivity index (χ2n) is 8.01. The van der Waals surface area contributed by atoms with Gasteiger partial charge in [-0.05, 0) is 64.2 Å². The summed E-state index contributed by atoms with van der Waals surface area (Å²) in [6.07, 6.45) is 13.4. The number of aryl methyl sites for hydroxylation is 1. The van der Waals surface area contributed by atoms with Gasteiger partial charge in [-0.15, -0.1) is 0 Å². The van der Waals surface area contributed by atoms with Gasteiger partial charge in [0.1, 0.15) is 5.82 Å². The maximum Gasteiger partial charge on any atom is 0.168 e. The number of hydrogen-bond acceptors (Lipinski definition) is 2. The average Bonchev–Trinajstić information content (AvgIpc) is 2.67. The van der Waals surface area contributed by atoms with Crippen LogP contribution in [0, 0.1) is 11.7 Å². The predicted octanol–water partition coefficient (Wildman–Crippen LogP) is 7.69. The van der Waals surface area contributed by atoms with E-state index in [9.17, 15) is 4.39 Å². The molecule has 0 heterocycles. The van der Waals surface area contributed by atoms with Crippen LogP contribution in [0.4, 0.5) is 4.39 Å². The lowest BCUT2D eigenvalue weighted by Gasteiger charge is -2.37. The third-order valence-electron chi connectivity index (χ3n) is 5.69. The molecule has 1 rings (SSSR count). The first-order valence-electron chi connectivity index (χ1n) is 11.6. The second-order valence-corrected chi connectivity index (χ2v) is 8.01. The zero-order valence-electron chi connectivity index (χ0n) is 18.8. The van der Waals surface area contributed by atoms with Crippen LogP contribution < -0.4 is 0 Å². The molecular formula is C25H43FO2. The molecule has 162 valence electrons. The average molecular weight is 395 g/mol. The summed E-state index contributed by atoms with van der Waals surface area (Å²) < 4.78 is 25.2. The summed E-state index contributed by atoms with van der Waals surface area (Å²) in [7, 11) is 0. The highest BCUT2D eigenvalue weighted by molar-refractivity contribution is 5.15. The smallest absolute Gasteiger partial charge is 0.168 e. The van der Waals surface area contributed by atoms with Gasteiger partial charge in [-0.3, -0.25) is 0 Å².